The molecule has 0 aromatic rings. The van der Waals surface area contributed by atoms with E-state index >= 15 is 0 Å². The van der Waals surface area contributed by atoms with Crippen LogP contribution < -0.4 is 0 Å². The molecule has 0 rings (SSSR count). The Morgan fingerprint density at radius 2 is 1.77 bits per heavy atom. The van der Waals surface area contributed by atoms with Crippen molar-refractivity contribution in [2.45, 2.75) is 54.4 Å². The normalized spacial score (nSPS) is 15.6. The van der Waals surface area contributed by atoms with Crippen molar-refractivity contribution in [1.82, 2.24) is 0 Å². The van der Waals surface area contributed by atoms with Crippen LogP contribution in [0.25, 0.3) is 0 Å². The summed E-state index contributed by atoms with van der Waals surface area (Å²) in [6.45, 7) is 13.8. The molecule has 0 saturated carbocycles. The van der Waals surface area contributed by atoms with Gasteiger partial charge in [0.2, 0.25) is 0 Å². The zero-order chi connectivity index (χ0) is 10.5. The van der Waals surface area contributed by atoms with E-state index in [-0.39, 0.29) is 0 Å². The topological polar surface area (TPSA) is 0 Å². The molecule has 0 spiro atoms. The summed E-state index contributed by atoms with van der Waals surface area (Å²) in [5.41, 5.74) is 0.454. The van der Waals surface area contributed by atoms with Gasteiger partial charge in [-0.3, -0.25) is 0 Å². The predicted octanol–water partition coefficient (Wildman–Crippen LogP) is 4.66. The van der Waals surface area contributed by atoms with Crippen LogP contribution in [0, 0.1) is 17.3 Å². The van der Waals surface area contributed by atoms with E-state index in [1.165, 1.54) is 12.8 Å². The summed E-state index contributed by atoms with van der Waals surface area (Å²) in [4.78, 5) is 0. The second-order valence-electron chi connectivity index (χ2n) is 5.13. The van der Waals surface area contributed by atoms with Crippen molar-refractivity contribution in [2.24, 2.45) is 17.3 Å². The highest BCUT2D eigenvalue weighted by molar-refractivity contribution is 4.93. The van der Waals surface area contributed by atoms with Crippen LogP contribution in [0.4, 0.5) is 0 Å². The number of hydrogen-bond acceptors (Lipinski definition) is 0. The van der Waals surface area contributed by atoms with Gasteiger partial charge < -0.3 is 0 Å². The van der Waals surface area contributed by atoms with Gasteiger partial charge in [-0.2, -0.15) is 0 Å². The van der Waals surface area contributed by atoms with Crippen molar-refractivity contribution in [3.05, 3.63) is 12.2 Å². The van der Waals surface area contributed by atoms with Crippen molar-refractivity contribution in [1.29, 1.82) is 0 Å². The maximum absolute atomic E-state index is 2.39. The van der Waals surface area contributed by atoms with E-state index in [1.54, 1.807) is 0 Å². The quantitative estimate of drug-likeness (QED) is 0.542. The maximum atomic E-state index is 2.39. The highest BCUT2D eigenvalue weighted by Crippen LogP contribution is 2.36. The fourth-order valence-corrected chi connectivity index (χ4v) is 2.39. The highest BCUT2D eigenvalue weighted by atomic mass is 14.3. The molecule has 0 nitrogen and oxygen atoms in total. The molecule has 0 aromatic heterocycles. The van der Waals surface area contributed by atoms with Gasteiger partial charge in [0.05, 0.1) is 0 Å². The summed E-state index contributed by atoms with van der Waals surface area (Å²) < 4.78 is 0. The van der Waals surface area contributed by atoms with Gasteiger partial charge in [-0.15, -0.1) is 0 Å². The van der Waals surface area contributed by atoms with E-state index in [9.17, 15) is 0 Å². The minimum absolute atomic E-state index is 0.454. The van der Waals surface area contributed by atoms with Crippen LogP contribution in [0.15, 0.2) is 12.2 Å². The molecule has 1 atom stereocenters. The molecule has 0 amide bonds. The molecule has 1 unspecified atom stereocenters. The van der Waals surface area contributed by atoms with E-state index in [0.717, 1.165) is 11.8 Å². The Labute approximate surface area is 84.4 Å². The van der Waals surface area contributed by atoms with Gasteiger partial charge in [0.25, 0.3) is 0 Å². The van der Waals surface area contributed by atoms with E-state index < -0.39 is 0 Å². The average molecular weight is 182 g/mol. The molecule has 0 heterocycles. The summed E-state index contributed by atoms with van der Waals surface area (Å²) in [5.74, 6) is 1.54. The standard InChI is InChI=1S/C13H26/c1-7-9-12(8-2)13(5,6)10-11(3)4/h7,9,11-12H,8,10H2,1-6H3. The number of allylic oxidation sites excluding steroid dienone is 2. The minimum Gasteiger partial charge on any atom is -0.0914 e. The van der Waals surface area contributed by atoms with Crippen molar-refractivity contribution >= 4 is 0 Å². The summed E-state index contributed by atoms with van der Waals surface area (Å²) in [6.07, 6.45) is 7.12. The van der Waals surface area contributed by atoms with Crippen molar-refractivity contribution < 1.29 is 0 Å². The zero-order valence-electron chi connectivity index (χ0n) is 10.2. The molecule has 0 aromatic carbocycles. The second-order valence-corrected chi connectivity index (χ2v) is 5.13. The van der Waals surface area contributed by atoms with E-state index in [1.807, 2.05) is 0 Å². The molecule has 0 aliphatic heterocycles. The van der Waals surface area contributed by atoms with E-state index in [4.69, 9.17) is 0 Å². The van der Waals surface area contributed by atoms with Crippen molar-refractivity contribution in [3.63, 3.8) is 0 Å². The van der Waals surface area contributed by atoms with Gasteiger partial charge in [-0.25, -0.2) is 0 Å². The van der Waals surface area contributed by atoms with Gasteiger partial charge >= 0.3 is 0 Å². The predicted molar refractivity (Wildman–Crippen MR) is 61.8 cm³/mol. The molecule has 0 saturated heterocycles. The van der Waals surface area contributed by atoms with Crippen LogP contribution in [0.3, 0.4) is 0 Å². The number of rotatable bonds is 5. The lowest BCUT2D eigenvalue weighted by molar-refractivity contribution is 0.202. The van der Waals surface area contributed by atoms with Crippen molar-refractivity contribution in [3.8, 4) is 0 Å². The lowest BCUT2D eigenvalue weighted by Crippen LogP contribution is -2.23. The first kappa shape index (κ1) is 12.7. The molecule has 0 radical (unpaired) electrons. The third-order valence-electron chi connectivity index (χ3n) is 2.80. The Hall–Kier alpha value is -0.260. The molecule has 0 aliphatic rings. The van der Waals surface area contributed by atoms with Crippen LogP contribution in [0.1, 0.15) is 54.4 Å². The Bertz CT molecular complexity index is 151. The van der Waals surface area contributed by atoms with Crippen LogP contribution >= 0.6 is 0 Å². The van der Waals surface area contributed by atoms with Gasteiger partial charge in [-0.05, 0) is 37.0 Å². The third kappa shape index (κ3) is 4.50. The number of hydrogen-bond donors (Lipinski definition) is 0. The SMILES string of the molecule is CC=CC(CC)C(C)(C)CC(C)C. The van der Waals surface area contributed by atoms with Crippen LogP contribution in [0.5, 0.6) is 0 Å². The average Bonchev–Trinajstić information content (AvgIpc) is 1.97. The molecule has 13 heavy (non-hydrogen) atoms. The first-order chi connectivity index (χ1) is 5.94. The molecule has 0 aliphatic carbocycles. The Morgan fingerprint density at radius 1 is 1.23 bits per heavy atom. The van der Waals surface area contributed by atoms with E-state index in [2.05, 4.69) is 53.7 Å². The van der Waals surface area contributed by atoms with Gasteiger partial charge in [0.1, 0.15) is 0 Å². The van der Waals surface area contributed by atoms with E-state index in [0.29, 0.717) is 5.41 Å². The molecular formula is C13H26. The van der Waals surface area contributed by atoms with Gasteiger partial charge in [0, 0.05) is 0 Å². The highest BCUT2D eigenvalue weighted by Gasteiger charge is 2.26. The monoisotopic (exact) mass is 182 g/mol. The third-order valence-corrected chi connectivity index (χ3v) is 2.80. The Kier molecular flexibility index (Phi) is 5.36. The minimum atomic E-state index is 0.454. The van der Waals surface area contributed by atoms with Gasteiger partial charge in [0.15, 0.2) is 0 Å². The Morgan fingerprint density at radius 3 is 2.08 bits per heavy atom. The molecule has 0 fully saturated rings. The summed E-state index contributed by atoms with van der Waals surface area (Å²) in [6, 6.07) is 0. The fourth-order valence-electron chi connectivity index (χ4n) is 2.39. The molecule has 78 valence electrons. The van der Waals surface area contributed by atoms with Crippen LogP contribution in [-0.2, 0) is 0 Å². The van der Waals surface area contributed by atoms with Crippen molar-refractivity contribution in [2.75, 3.05) is 0 Å². The van der Waals surface area contributed by atoms with Gasteiger partial charge in [-0.1, -0.05) is 46.8 Å². The first-order valence-electron chi connectivity index (χ1n) is 5.56. The summed E-state index contributed by atoms with van der Waals surface area (Å²) in [5, 5.41) is 0. The van der Waals surface area contributed by atoms with Crippen LogP contribution in [-0.4, -0.2) is 0 Å². The fraction of sp³-hybridized carbons (Fsp3) is 0.846. The smallest absolute Gasteiger partial charge is 0.0185 e. The zero-order valence-corrected chi connectivity index (χ0v) is 10.2. The molecular weight excluding hydrogens is 156 g/mol. The summed E-state index contributed by atoms with van der Waals surface area (Å²) in [7, 11) is 0. The lowest BCUT2D eigenvalue weighted by atomic mass is 9.72. The second kappa shape index (κ2) is 5.47. The first-order valence-corrected chi connectivity index (χ1v) is 5.56. The largest absolute Gasteiger partial charge is 0.0914 e. The molecule has 0 heteroatoms. The summed E-state index contributed by atoms with van der Waals surface area (Å²) >= 11 is 0. The Balaban J connectivity index is 4.37. The molecule has 0 bridgehead atoms. The van der Waals surface area contributed by atoms with Crippen LogP contribution in [0.2, 0.25) is 0 Å². The lowest BCUT2D eigenvalue weighted by Gasteiger charge is -2.33. The molecule has 0 N–H and O–H groups in total. The maximum Gasteiger partial charge on any atom is -0.0185 e.